The van der Waals surface area contributed by atoms with Crippen molar-refractivity contribution in [3.05, 3.63) is 42.5 Å². The number of nitrogens with one attached hydrogen (secondary N) is 1. The normalized spacial score (nSPS) is 15.6. The van der Waals surface area contributed by atoms with Crippen molar-refractivity contribution in [3.63, 3.8) is 0 Å². The van der Waals surface area contributed by atoms with Crippen LogP contribution in [0.25, 0.3) is 10.8 Å². The Balaban J connectivity index is 1.97. The Morgan fingerprint density at radius 1 is 1.11 bits per heavy atom. The highest BCUT2D eigenvalue weighted by atomic mass is 32.2. The second kappa shape index (κ2) is 4.82. The second-order valence-corrected chi connectivity index (χ2v) is 5.14. The van der Waals surface area contributed by atoms with Crippen LogP contribution in [0.1, 0.15) is 6.42 Å². The minimum atomic E-state index is -0.0449. The molecule has 0 fully saturated rings. The number of amidine groups is 1. The van der Waals surface area contributed by atoms with Gasteiger partial charge in [0, 0.05) is 23.2 Å². The van der Waals surface area contributed by atoms with Crippen LogP contribution in [0, 0.1) is 0 Å². The Morgan fingerprint density at radius 3 is 2.83 bits per heavy atom. The van der Waals surface area contributed by atoms with Crippen LogP contribution < -0.4 is 5.32 Å². The lowest BCUT2D eigenvalue weighted by Gasteiger charge is -2.14. The fourth-order valence-electron chi connectivity index (χ4n) is 1.95. The van der Waals surface area contributed by atoms with Crippen LogP contribution in [0.15, 0.2) is 47.5 Å². The lowest BCUT2D eigenvalue weighted by atomic mass is 10.1. The molecule has 0 spiro atoms. The molecular weight excluding hydrogens is 244 g/mol. The average molecular weight is 256 g/mol. The summed E-state index contributed by atoms with van der Waals surface area (Å²) in [6, 6.07) is 14.2. The number of fused-ring (bicyclic) bond motifs is 1. The number of hydrogen-bond donors (Lipinski definition) is 1. The number of carbonyl (C=O) groups excluding carboxylic acids is 1. The van der Waals surface area contributed by atoms with E-state index in [-0.39, 0.29) is 5.91 Å². The second-order valence-electron chi connectivity index (χ2n) is 4.06. The molecule has 0 bridgehead atoms. The topological polar surface area (TPSA) is 41.5 Å². The molecule has 1 aliphatic rings. The third-order valence-electron chi connectivity index (χ3n) is 2.81. The fourth-order valence-corrected chi connectivity index (χ4v) is 2.77. The van der Waals surface area contributed by atoms with Crippen molar-refractivity contribution in [2.45, 2.75) is 6.42 Å². The molecule has 1 N–H and O–H groups in total. The number of thioether (sulfide) groups is 1. The van der Waals surface area contributed by atoms with Gasteiger partial charge in [0.15, 0.2) is 5.17 Å². The minimum Gasteiger partial charge on any atom is -0.334 e. The van der Waals surface area contributed by atoms with Crippen LogP contribution in [0.2, 0.25) is 0 Å². The van der Waals surface area contributed by atoms with Crippen molar-refractivity contribution in [2.24, 2.45) is 4.99 Å². The zero-order valence-electron chi connectivity index (χ0n) is 9.72. The van der Waals surface area contributed by atoms with Crippen LogP contribution in [0.5, 0.6) is 0 Å². The lowest BCUT2D eigenvalue weighted by Crippen LogP contribution is -2.16. The number of benzene rings is 2. The monoisotopic (exact) mass is 256 g/mol. The summed E-state index contributed by atoms with van der Waals surface area (Å²) in [5.74, 6) is 0.756. The van der Waals surface area contributed by atoms with E-state index in [0.717, 1.165) is 16.8 Å². The van der Waals surface area contributed by atoms with E-state index in [2.05, 4.69) is 28.5 Å². The summed E-state index contributed by atoms with van der Waals surface area (Å²) < 4.78 is 0. The molecule has 2 aromatic rings. The molecule has 0 unspecified atom stereocenters. The van der Waals surface area contributed by atoms with E-state index in [1.165, 1.54) is 5.39 Å². The van der Waals surface area contributed by atoms with Crippen molar-refractivity contribution in [1.82, 2.24) is 0 Å². The summed E-state index contributed by atoms with van der Waals surface area (Å²) in [6.07, 6.45) is 0.533. The Kier molecular flexibility index (Phi) is 3.02. The van der Waals surface area contributed by atoms with E-state index in [1.807, 2.05) is 24.3 Å². The third-order valence-corrected chi connectivity index (χ3v) is 3.69. The van der Waals surface area contributed by atoms with Crippen molar-refractivity contribution in [1.29, 1.82) is 0 Å². The third kappa shape index (κ3) is 2.24. The van der Waals surface area contributed by atoms with Crippen molar-refractivity contribution >= 4 is 39.3 Å². The first-order chi connectivity index (χ1) is 8.83. The number of rotatable bonds is 1. The van der Waals surface area contributed by atoms with E-state index in [0.29, 0.717) is 11.6 Å². The van der Waals surface area contributed by atoms with Gasteiger partial charge in [-0.3, -0.25) is 4.79 Å². The molecule has 0 saturated carbocycles. The molecule has 0 aliphatic carbocycles. The highest BCUT2D eigenvalue weighted by Crippen LogP contribution is 2.25. The Bertz CT molecular complexity index is 631. The minimum absolute atomic E-state index is 0.0449. The van der Waals surface area contributed by atoms with E-state index < -0.39 is 0 Å². The molecule has 1 amide bonds. The molecule has 0 saturated heterocycles. The van der Waals surface area contributed by atoms with Crippen molar-refractivity contribution < 1.29 is 4.79 Å². The van der Waals surface area contributed by atoms with Gasteiger partial charge in [-0.15, -0.1) is 0 Å². The van der Waals surface area contributed by atoms with Gasteiger partial charge < -0.3 is 5.32 Å². The largest absolute Gasteiger partial charge is 0.334 e. The number of aliphatic imine (C=N–C) groups is 1. The summed E-state index contributed by atoms with van der Waals surface area (Å²) in [7, 11) is 0. The van der Waals surface area contributed by atoms with Gasteiger partial charge in [0.1, 0.15) is 0 Å². The van der Waals surface area contributed by atoms with Gasteiger partial charge in [0.2, 0.25) is 5.91 Å². The van der Waals surface area contributed by atoms with E-state index in [1.54, 1.807) is 11.8 Å². The van der Waals surface area contributed by atoms with Crippen LogP contribution in [0.4, 0.5) is 5.69 Å². The molecule has 2 aromatic carbocycles. The first kappa shape index (κ1) is 11.3. The highest BCUT2D eigenvalue weighted by molar-refractivity contribution is 8.14. The molecular formula is C14H12N2OS. The smallest absolute Gasteiger partial charge is 0.248 e. The molecule has 90 valence electrons. The maximum absolute atomic E-state index is 11.3. The zero-order valence-corrected chi connectivity index (χ0v) is 10.5. The first-order valence-electron chi connectivity index (χ1n) is 5.82. The number of amides is 1. The van der Waals surface area contributed by atoms with Gasteiger partial charge >= 0.3 is 0 Å². The fraction of sp³-hybridized carbons (Fsp3) is 0.143. The standard InChI is InChI=1S/C14H12N2OS/c17-13-8-9-18-14(16-13)15-12-7-3-5-10-4-1-2-6-11(10)12/h1-7H,8-9H2,(H,15,16,17). The summed E-state index contributed by atoms with van der Waals surface area (Å²) in [6.45, 7) is 0. The first-order valence-corrected chi connectivity index (χ1v) is 6.80. The van der Waals surface area contributed by atoms with Crippen LogP contribution >= 0.6 is 11.8 Å². The van der Waals surface area contributed by atoms with E-state index in [9.17, 15) is 4.79 Å². The molecule has 0 atom stereocenters. The maximum atomic E-state index is 11.3. The summed E-state index contributed by atoms with van der Waals surface area (Å²) in [5.41, 5.74) is 0.994. The number of anilines is 1. The molecule has 1 heterocycles. The van der Waals surface area contributed by atoms with Gasteiger partial charge in [-0.05, 0) is 11.5 Å². The van der Waals surface area contributed by atoms with Crippen molar-refractivity contribution in [2.75, 3.05) is 11.1 Å². The quantitative estimate of drug-likeness (QED) is 0.851. The highest BCUT2D eigenvalue weighted by Gasteiger charge is 2.12. The van der Waals surface area contributed by atoms with Gasteiger partial charge in [-0.2, -0.15) is 4.99 Å². The predicted octanol–water partition coefficient (Wildman–Crippen LogP) is 3.27. The van der Waals surface area contributed by atoms with Crippen LogP contribution in [-0.4, -0.2) is 16.8 Å². The van der Waals surface area contributed by atoms with Gasteiger partial charge in [0.25, 0.3) is 0 Å². The van der Waals surface area contributed by atoms with Gasteiger partial charge in [-0.25, -0.2) is 0 Å². The van der Waals surface area contributed by atoms with E-state index in [4.69, 9.17) is 0 Å². The molecule has 3 rings (SSSR count). The van der Waals surface area contributed by atoms with E-state index >= 15 is 0 Å². The SMILES string of the molecule is O=C1CCSC(Nc2cccc3ccccc23)=N1. The molecule has 4 heteroatoms. The number of carbonyl (C=O) groups is 1. The number of hydrogen-bond acceptors (Lipinski definition) is 3. The van der Waals surface area contributed by atoms with Crippen molar-refractivity contribution in [3.8, 4) is 0 Å². The molecule has 0 radical (unpaired) electrons. The maximum Gasteiger partial charge on any atom is 0.248 e. The molecule has 3 nitrogen and oxygen atoms in total. The van der Waals surface area contributed by atoms with Gasteiger partial charge in [-0.1, -0.05) is 48.2 Å². The molecule has 0 aromatic heterocycles. The van der Waals surface area contributed by atoms with Crippen LogP contribution in [0.3, 0.4) is 0 Å². The Hall–Kier alpha value is -1.81. The van der Waals surface area contributed by atoms with Crippen LogP contribution in [-0.2, 0) is 4.79 Å². The summed E-state index contributed by atoms with van der Waals surface area (Å²) in [4.78, 5) is 15.3. The van der Waals surface area contributed by atoms with Gasteiger partial charge in [0.05, 0.1) is 0 Å². The predicted molar refractivity (Wildman–Crippen MR) is 77.1 cm³/mol. The Labute approximate surface area is 109 Å². The average Bonchev–Trinajstić information content (AvgIpc) is 2.39. The Morgan fingerprint density at radius 2 is 1.94 bits per heavy atom. The number of nitrogens with zero attached hydrogens (tertiary/aromatic N) is 1. The molecule has 18 heavy (non-hydrogen) atoms. The molecule has 1 aliphatic heterocycles. The lowest BCUT2D eigenvalue weighted by molar-refractivity contribution is -0.117. The summed E-state index contributed by atoms with van der Waals surface area (Å²) in [5, 5.41) is 6.26. The zero-order chi connectivity index (χ0) is 12.4. The summed E-state index contributed by atoms with van der Waals surface area (Å²) >= 11 is 1.59.